The summed E-state index contributed by atoms with van der Waals surface area (Å²) >= 11 is 0. The maximum Gasteiger partial charge on any atom is 0.131 e. The van der Waals surface area contributed by atoms with Gasteiger partial charge in [-0.25, -0.2) is 14.4 Å². The van der Waals surface area contributed by atoms with E-state index in [9.17, 15) is 4.39 Å². The third-order valence-corrected chi connectivity index (χ3v) is 5.82. The fourth-order valence-electron chi connectivity index (χ4n) is 4.14. The number of aromatic nitrogens is 4. The Morgan fingerprint density at radius 2 is 1.71 bits per heavy atom. The van der Waals surface area contributed by atoms with E-state index >= 15 is 0 Å². The topological polar surface area (TPSA) is 64.9 Å². The van der Waals surface area contributed by atoms with Crippen LogP contribution >= 0.6 is 0 Å². The number of methoxy groups -OCH3 is 1. The number of nitrogens with zero attached hydrogens (tertiary/aromatic N) is 4. The summed E-state index contributed by atoms with van der Waals surface area (Å²) in [6.45, 7) is 3.29. The lowest BCUT2D eigenvalue weighted by Gasteiger charge is -2.11. The second kappa shape index (κ2) is 9.31. The highest BCUT2D eigenvalue weighted by atomic mass is 19.1. The fourth-order valence-corrected chi connectivity index (χ4v) is 4.14. The van der Waals surface area contributed by atoms with E-state index in [0.29, 0.717) is 18.8 Å². The molecular formula is C27H24FN5O. The zero-order valence-electron chi connectivity index (χ0n) is 19.0. The van der Waals surface area contributed by atoms with E-state index in [-0.39, 0.29) is 5.82 Å². The summed E-state index contributed by atoms with van der Waals surface area (Å²) in [6.07, 6.45) is 3.34. The third-order valence-electron chi connectivity index (χ3n) is 5.82. The fraction of sp³-hybridized carbons (Fsp3) is 0.148. The molecule has 1 N–H and O–H groups in total. The van der Waals surface area contributed by atoms with Crippen LogP contribution in [-0.4, -0.2) is 33.2 Å². The highest BCUT2D eigenvalue weighted by Gasteiger charge is 2.12. The molecule has 0 aliphatic heterocycles. The summed E-state index contributed by atoms with van der Waals surface area (Å²) in [5.74, 6) is 0.960. The molecule has 0 amide bonds. The van der Waals surface area contributed by atoms with Crippen molar-refractivity contribution in [2.75, 3.05) is 19.0 Å². The Hall–Kier alpha value is -4.26. The predicted molar refractivity (Wildman–Crippen MR) is 132 cm³/mol. The molecule has 0 bridgehead atoms. The van der Waals surface area contributed by atoms with Crippen LogP contribution in [0, 0.1) is 12.7 Å². The SMILES string of the molecule is COc1cc(F)cc2c1cc(C)n2CCNc1cc(-c2ccc(-c3ccccn3)cc2)ncn1. The lowest BCUT2D eigenvalue weighted by molar-refractivity contribution is 0.416. The van der Waals surface area contributed by atoms with Crippen LogP contribution in [0.1, 0.15) is 5.69 Å². The number of hydrogen-bond donors (Lipinski definition) is 1. The van der Waals surface area contributed by atoms with E-state index in [4.69, 9.17) is 4.74 Å². The Morgan fingerprint density at radius 1 is 0.912 bits per heavy atom. The second-order valence-corrected chi connectivity index (χ2v) is 7.99. The first-order valence-corrected chi connectivity index (χ1v) is 11.0. The molecular weight excluding hydrogens is 429 g/mol. The van der Waals surface area contributed by atoms with Crippen molar-refractivity contribution in [1.82, 2.24) is 19.5 Å². The molecule has 2 aromatic carbocycles. The summed E-state index contributed by atoms with van der Waals surface area (Å²) in [5.41, 5.74) is 5.67. The summed E-state index contributed by atoms with van der Waals surface area (Å²) in [4.78, 5) is 13.2. The van der Waals surface area contributed by atoms with Gasteiger partial charge in [-0.05, 0) is 31.2 Å². The molecule has 0 saturated heterocycles. The number of hydrogen-bond acceptors (Lipinski definition) is 5. The Labute approximate surface area is 197 Å². The number of benzene rings is 2. The monoisotopic (exact) mass is 453 g/mol. The van der Waals surface area contributed by atoms with Gasteiger partial charge in [0.05, 0.1) is 24.0 Å². The van der Waals surface area contributed by atoms with Gasteiger partial charge in [-0.1, -0.05) is 30.3 Å². The third kappa shape index (κ3) is 4.32. The summed E-state index contributed by atoms with van der Waals surface area (Å²) in [7, 11) is 1.56. The van der Waals surface area contributed by atoms with E-state index in [2.05, 4.69) is 24.8 Å². The molecule has 0 aliphatic carbocycles. The van der Waals surface area contributed by atoms with E-state index in [0.717, 1.165) is 44.9 Å². The van der Waals surface area contributed by atoms with E-state index in [1.165, 1.54) is 6.07 Å². The number of aryl methyl sites for hydroxylation is 1. The van der Waals surface area contributed by atoms with Crippen molar-refractivity contribution in [2.45, 2.75) is 13.5 Å². The van der Waals surface area contributed by atoms with Gasteiger partial charge in [0.1, 0.15) is 23.7 Å². The van der Waals surface area contributed by atoms with Crippen LogP contribution < -0.4 is 10.1 Å². The summed E-state index contributed by atoms with van der Waals surface area (Å²) in [5, 5.41) is 4.26. The van der Waals surface area contributed by atoms with Crippen LogP contribution in [0.25, 0.3) is 33.4 Å². The molecule has 0 saturated carbocycles. The van der Waals surface area contributed by atoms with Gasteiger partial charge in [0.15, 0.2) is 0 Å². The Morgan fingerprint density at radius 3 is 2.44 bits per heavy atom. The normalized spacial score (nSPS) is 11.0. The van der Waals surface area contributed by atoms with Gasteiger partial charge in [-0.15, -0.1) is 0 Å². The molecule has 5 aromatic rings. The Bertz CT molecular complexity index is 1430. The van der Waals surface area contributed by atoms with Crippen molar-refractivity contribution in [3.05, 3.63) is 90.8 Å². The minimum atomic E-state index is -0.314. The summed E-state index contributed by atoms with van der Waals surface area (Å²) < 4.78 is 21.5. The van der Waals surface area contributed by atoms with Gasteiger partial charge < -0.3 is 14.6 Å². The molecule has 3 heterocycles. The van der Waals surface area contributed by atoms with Gasteiger partial charge in [0.25, 0.3) is 0 Å². The molecule has 7 heteroatoms. The minimum absolute atomic E-state index is 0.314. The lowest BCUT2D eigenvalue weighted by Crippen LogP contribution is -2.12. The van der Waals surface area contributed by atoms with Crippen molar-refractivity contribution in [3.8, 4) is 28.3 Å². The molecule has 0 aliphatic rings. The van der Waals surface area contributed by atoms with Crippen LogP contribution in [0.4, 0.5) is 10.2 Å². The zero-order valence-corrected chi connectivity index (χ0v) is 19.0. The average molecular weight is 454 g/mol. The van der Waals surface area contributed by atoms with Gasteiger partial charge >= 0.3 is 0 Å². The first-order valence-electron chi connectivity index (χ1n) is 11.0. The van der Waals surface area contributed by atoms with Crippen molar-refractivity contribution in [3.63, 3.8) is 0 Å². The van der Waals surface area contributed by atoms with Gasteiger partial charge in [-0.3, -0.25) is 4.98 Å². The van der Waals surface area contributed by atoms with Crippen molar-refractivity contribution < 1.29 is 9.13 Å². The van der Waals surface area contributed by atoms with Crippen LogP contribution in [0.15, 0.2) is 79.3 Å². The Kier molecular flexibility index (Phi) is 5.91. The maximum atomic E-state index is 14.1. The number of halogens is 1. The van der Waals surface area contributed by atoms with Crippen molar-refractivity contribution >= 4 is 16.7 Å². The Balaban J connectivity index is 1.30. The van der Waals surface area contributed by atoms with Crippen molar-refractivity contribution in [2.24, 2.45) is 0 Å². The van der Waals surface area contributed by atoms with E-state index in [1.807, 2.05) is 61.5 Å². The predicted octanol–water partition coefficient (Wildman–Crippen LogP) is 5.73. The maximum absolute atomic E-state index is 14.1. The van der Waals surface area contributed by atoms with Crippen LogP contribution in [0.3, 0.4) is 0 Å². The smallest absolute Gasteiger partial charge is 0.131 e. The number of ether oxygens (including phenoxy) is 1. The van der Waals surface area contributed by atoms with E-state index in [1.54, 1.807) is 25.7 Å². The van der Waals surface area contributed by atoms with Gasteiger partial charge in [0, 0.05) is 53.6 Å². The van der Waals surface area contributed by atoms with Crippen molar-refractivity contribution in [1.29, 1.82) is 0 Å². The number of pyridine rings is 1. The van der Waals surface area contributed by atoms with Crippen LogP contribution in [-0.2, 0) is 6.54 Å². The quantitative estimate of drug-likeness (QED) is 0.341. The molecule has 6 nitrogen and oxygen atoms in total. The molecule has 0 spiro atoms. The average Bonchev–Trinajstić information content (AvgIpc) is 3.19. The zero-order chi connectivity index (χ0) is 23.5. The van der Waals surface area contributed by atoms with Crippen LogP contribution in [0.5, 0.6) is 5.75 Å². The molecule has 170 valence electrons. The first-order chi connectivity index (χ1) is 16.6. The number of fused-ring (bicyclic) bond motifs is 1. The van der Waals surface area contributed by atoms with Gasteiger partial charge in [-0.2, -0.15) is 0 Å². The highest BCUT2D eigenvalue weighted by molar-refractivity contribution is 5.87. The number of nitrogens with one attached hydrogen (secondary N) is 1. The minimum Gasteiger partial charge on any atom is -0.496 e. The highest BCUT2D eigenvalue weighted by Crippen LogP contribution is 2.30. The number of anilines is 1. The second-order valence-electron chi connectivity index (χ2n) is 7.99. The van der Waals surface area contributed by atoms with Gasteiger partial charge in [0.2, 0.25) is 0 Å². The van der Waals surface area contributed by atoms with Crippen LogP contribution in [0.2, 0.25) is 0 Å². The molecule has 3 aromatic heterocycles. The molecule has 0 radical (unpaired) electrons. The molecule has 0 fully saturated rings. The first kappa shape index (κ1) is 21.6. The van der Waals surface area contributed by atoms with E-state index < -0.39 is 0 Å². The molecule has 5 rings (SSSR count). The standard InChI is InChI=1S/C27H24FN5O/c1-18-13-22-25(14-21(28)15-26(22)34-2)33(18)12-11-30-27-16-24(31-17-32-27)20-8-6-19(7-9-20)23-5-3-4-10-29-23/h3-10,13-17H,11-12H2,1-2H3,(H,30,31,32). The molecule has 0 atom stereocenters. The lowest BCUT2D eigenvalue weighted by atomic mass is 10.1. The number of rotatable bonds is 7. The summed E-state index contributed by atoms with van der Waals surface area (Å²) in [6, 6.07) is 20.9. The molecule has 34 heavy (non-hydrogen) atoms. The molecule has 0 unspecified atom stereocenters. The largest absolute Gasteiger partial charge is 0.496 e.